The highest BCUT2D eigenvalue weighted by molar-refractivity contribution is 7.69. The van der Waals surface area contributed by atoms with E-state index in [4.69, 9.17) is 9.05 Å². The van der Waals surface area contributed by atoms with Gasteiger partial charge in [0.15, 0.2) is 0 Å². The molecule has 4 nitrogen and oxygen atoms in total. The largest absolute Gasteiger partial charge is 0.372 e. The predicted octanol–water partition coefficient (Wildman–Crippen LogP) is 3.20. The Morgan fingerprint density at radius 1 is 1.29 bits per heavy atom. The van der Waals surface area contributed by atoms with Gasteiger partial charge in [-0.2, -0.15) is 0 Å². The summed E-state index contributed by atoms with van der Waals surface area (Å²) in [5.74, 6) is 1.24. The highest BCUT2D eigenvalue weighted by atomic mass is 31.2. The minimum Gasteiger partial charge on any atom is -0.305 e. The van der Waals surface area contributed by atoms with Crippen molar-refractivity contribution in [2.24, 2.45) is 4.99 Å². The van der Waals surface area contributed by atoms with Gasteiger partial charge < -0.3 is 9.05 Å². The van der Waals surface area contributed by atoms with Crippen LogP contribution in [0.15, 0.2) is 16.8 Å². The van der Waals surface area contributed by atoms with Crippen molar-refractivity contribution in [3.63, 3.8) is 0 Å². The third-order valence-electron chi connectivity index (χ3n) is 1.16. The molecule has 0 aromatic rings. The maximum absolute atomic E-state index is 11.8. The number of aliphatic imine (C=N–C) groups is 1. The predicted molar refractivity (Wildman–Crippen MR) is 58.8 cm³/mol. The molecule has 0 radical (unpaired) electrons. The van der Waals surface area contributed by atoms with E-state index in [0.717, 1.165) is 5.57 Å². The Bertz CT molecular complexity index is 247. The Hall–Kier alpha value is -0.440. The Balaban J connectivity index is 4.43. The average Bonchev–Trinajstić information content (AvgIpc) is 2.03. The lowest BCUT2D eigenvalue weighted by Crippen LogP contribution is -1.96. The van der Waals surface area contributed by atoms with E-state index in [0.29, 0.717) is 13.2 Å². The summed E-state index contributed by atoms with van der Waals surface area (Å²) in [5, 5.41) is 0. The van der Waals surface area contributed by atoms with Gasteiger partial charge in [0.25, 0.3) is 0 Å². The van der Waals surface area contributed by atoms with Crippen LogP contribution in [0.2, 0.25) is 0 Å². The van der Waals surface area contributed by atoms with Crippen LogP contribution in [0.4, 0.5) is 0 Å². The van der Waals surface area contributed by atoms with E-state index in [9.17, 15) is 4.57 Å². The van der Waals surface area contributed by atoms with Gasteiger partial charge in [-0.1, -0.05) is 5.57 Å². The molecular formula is C9H18NO3P. The molecule has 0 fully saturated rings. The maximum Gasteiger partial charge on any atom is 0.372 e. The second-order valence-electron chi connectivity index (χ2n) is 2.85. The molecule has 82 valence electrons. The molecule has 0 aromatic heterocycles. The molecule has 0 bridgehead atoms. The van der Waals surface area contributed by atoms with Crippen molar-refractivity contribution >= 4 is 13.6 Å². The van der Waals surface area contributed by atoms with Crippen LogP contribution in [0.1, 0.15) is 27.7 Å². The summed E-state index contributed by atoms with van der Waals surface area (Å²) in [6.45, 7) is 8.03. The maximum atomic E-state index is 11.8. The molecule has 5 heteroatoms. The Morgan fingerprint density at radius 2 is 1.79 bits per heavy atom. The molecule has 0 saturated carbocycles. The Kier molecular flexibility index (Phi) is 6.71. The minimum atomic E-state index is -3.11. The van der Waals surface area contributed by atoms with Crippen LogP contribution >= 0.6 is 7.60 Å². The van der Waals surface area contributed by atoms with Gasteiger partial charge >= 0.3 is 7.60 Å². The van der Waals surface area contributed by atoms with Gasteiger partial charge in [0.05, 0.1) is 13.2 Å². The number of allylic oxidation sites excluding steroid dienone is 1. The number of rotatable bonds is 6. The van der Waals surface area contributed by atoms with Crippen LogP contribution in [0.3, 0.4) is 0 Å². The van der Waals surface area contributed by atoms with E-state index < -0.39 is 7.60 Å². The fourth-order valence-corrected chi connectivity index (χ4v) is 1.89. The van der Waals surface area contributed by atoms with Crippen molar-refractivity contribution in [3.05, 3.63) is 11.8 Å². The monoisotopic (exact) mass is 219 g/mol. The van der Waals surface area contributed by atoms with E-state index in [1.165, 1.54) is 5.96 Å². The first-order chi connectivity index (χ1) is 6.54. The quantitative estimate of drug-likeness (QED) is 0.509. The van der Waals surface area contributed by atoms with Crippen LogP contribution in [-0.2, 0) is 13.6 Å². The zero-order valence-corrected chi connectivity index (χ0v) is 10.1. The van der Waals surface area contributed by atoms with E-state index in [1.54, 1.807) is 20.0 Å². The summed E-state index contributed by atoms with van der Waals surface area (Å²) in [6.07, 6.45) is 1.62. The lowest BCUT2D eigenvalue weighted by Gasteiger charge is -2.11. The first-order valence-corrected chi connectivity index (χ1v) is 6.21. The van der Waals surface area contributed by atoms with Crippen molar-refractivity contribution in [3.8, 4) is 0 Å². The zero-order valence-electron chi connectivity index (χ0n) is 9.19. The van der Waals surface area contributed by atoms with Gasteiger partial charge in [-0.15, -0.1) is 0 Å². The van der Waals surface area contributed by atoms with Crippen LogP contribution in [0.25, 0.3) is 0 Å². The molecule has 0 heterocycles. The number of hydrogen-bond donors (Lipinski definition) is 0. The van der Waals surface area contributed by atoms with Crippen LogP contribution in [0, 0.1) is 0 Å². The van der Waals surface area contributed by atoms with Crippen molar-refractivity contribution in [2.45, 2.75) is 27.7 Å². The second-order valence-corrected chi connectivity index (χ2v) is 4.67. The molecule has 0 aromatic carbocycles. The topological polar surface area (TPSA) is 47.9 Å². The molecular weight excluding hydrogens is 201 g/mol. The van der Waals surface area contributed by atoms with Gasteiger partial charge in [0, 0.05) is 6.20 Å². The van der Waals surface area contributed by atoms with Gasteiger partial charge in [0.2, 0.25) is 0 Å². The average molecular weight is 219 g/mol. The minimum absolute atomic E-state index is 0.345. The van der Waals surface area contributed by atoms with Crippen molar-refractivity contribution in [1.82, 2.24) is 0 Å². The SMILES string of the molecule is CCOP(=O)(C=NC=C(C)C)OCC. The first kappa shape index (κ1) is 13.6. The Morgan fingerprint density at radius 3 is 2.14 bits per heavy atom. The summed E-state index contributed by atoms with van der Waals surface area (Å²) in [4.78, 5) is 3.88. The summed E-state index contributed by atoms with van der Waals surface area (Å²) in [5.41, 5.74) is 1.03. The van der Waals surface area contributed by atoms with Crippen LogP contribution in [-0.4, -0.2) is 19.2 Å². The number of nitrogens with zero attached hydrogens (tertiary/aromatic N) is 1. The van der Waals surface area contributed by atoms with Gasteiger partial charge in [-0.3, -0.25) is 9.56 Å². The Labute approximate surface area is 85.6 Å². The first-order valence-electron chi connectivity index (χ1n) is 4.60. The molecule has 0 aliphatic rings. The van der Waals surface area contributed by atoms with Gasteiger partial charge in [-0.25, -0.2) is 0 Å². The molecule has 0 atom stereocenters. The zero-order chi connectivity index (χ0) is 11.0. The normalized spacial score (nSPS) is 12.0. The van der Waals surface area contributed by atoms with Crippen LogP contribution in [0.5, 0.6) is 0 Å². The lowest BCUT2D eigenvalue weighted by molar-refractivity contribution is 0.233. The van der Waals surface area contributed by atoms with Gasteiger partial charge in [-0.05, 0) is 27.7 Å². The van der Waals surface area contributed by atoms with Crippen molar-refractivity contribution < 1.29 is 13.6 Å². The third kappa shape index (κ3) is 6.08. The van der Waals surface area contributed by atoms with E-state index in [2.05, 4.69) is 4.99 Å². The second kappa shape index (κ2) is 6.93. The van der Waals surface area contributed by atoms with Crippen LogP contribution < -0.4 is 0 Å². The lowest BCUT2D eigenvalue weighted by atomic mass is 10.4. The molecule has 0 rings (SSSR count). The molecule has 0 aliphatic heterocycles. The highest BCUT2D eigenvalue weighted by Gasteiger charge is 2.19. The molecule has 0 aliphatic carbocycles. The summed E-state index contributed by atoms with van der Waals surface area (Å²) < 4.78 is 21.8. The van der Waals surface area contributed by atoms with Crippen molar-refractivity contribution in [2.75, 3.05) is 13.2 Å². The van der Waals surface area contributed by atoms with Gasteiger partial charge in [0.1, 0.15) is 5.96 Å². The van der Waals surface area contributed by atoms with Crippen molar-refractivity contribution in [1.29, 1.82) is 0 Å². The smallest absolute Gasteiger partial charge is 0.305 e. The summed E-state index contributed by atoms with van der Waals surface area (Å²) in [7, 11) is -3.11. The standard InChI is InChI=1S/C9H18NO3P/c1-5-12-14(11,13-6-2)8-10-7-9(3)4/h7-8H,5-6H2,1-4H3. The van der Waals surface area contributed by atoms with E-state index in [1.807, 2.05) is 13.8 Å². The third-order valence-corrected chi connectivity index (χ3v) is 2.81. The molecule has 0 amide bonds. The molecule has 0 N–H and O–H groups in total. The highest BCUT2D eigenvalue weighted by Crippen LogP contribution is 2.44. The molecule has 0 unspecified atom stereocenters. The van der Waals surface area contributed by atoms with E-state index >= 15 is 0 Å². The molecule has 14 heavy (non-hydrogen) atoms. The fourth-order valence-electron chi connectivity index (χ4n) is 0.728. The fraction of sp³-hybridized carbons (Fsp3) is 0.667. The number of hydrogen-bond acceptors (Lipinski definition) is 4. The van der Waals surface area contributed by atoms with E-state index in [-0.39, 0.29) is 0 Å². The molecule has 0 spiro atoms. The summed E-state index contributed by atoms with van der Waals surface area (Å²) >= 11 is 0. The summed E-state index contributed by atoms with van der Waals surface area (Å²) in [6, 6.07) is 0. The molecule has 0 saturated heterocycles.